The molecule has 0 aliphatic heterocycles. The molecular formula is C32H27N3O2. The number of aromatic nitrogens is 2. The summed E-state index contributed by atoms with van der Waals surface area (Å²) in [6, 6.07) is 34.0. The number of carbonyl (C=O) groups is 1. The molecule has 0 saturated heterocycles. The van der Waals surface area contributed by atoms with Crippen LogP contribution in [0.25, 0.3) is 22.0 Å². The third kappa shape index (κ3) is 5.07. The lowest BCUT2D eigenvalue weighted by atomic mass is 10.0. The van der Waals surface area contributed by atoms with Crippen molar-refractivity contribution in [2.45, 2.75) is 25.8 Å². The smallest absolute Gasteiger partial charge is 0.261 e. The summed E-state index contributed by atoms with van der Waals surface area (Å²) in [5, 5.41) is 3.46. The van der Waals surface area contributed by atoms with Gasteiger partial charge in [0.15, 0.2) is 0 Å². The first-order valence-electron chi connectivity index (χ1n) is 12.7. The summed E-state index contributed by atoms with van der Waals surface area (Å²) >= 11 is 0. The summed E-state index contributed by atoms with van der Waals surface area (Å²) in [5.41, 5.74) is 5.57. The number of nitrogens with one attached hydrogen (secondary N) is 1. The van der Waals surface area contributed by atoms with E-state index < -0.39 is 0 Å². The number of hydrogen-bond acceptors (Lipinski definition) is 3. The van der Waals surface area contributed by atoms with Crippen molar-refractivity contribution >= 4 is 22.5 Å². The van der Waals surface area contributed by atoms with Crippen molar-refractivity contribution in [1.29, 1.82) is 0 Å². The summed E-state index contributed by atoms with van der Waals surface area (Å²) in [4.78, 5) is 31.0. The normalized spacial score (nSPS) is 13.0. The van der Waals surface area contributed by atoms with E-state index in [0.29, 0.717) is 35.4 Å². The van der Waals surface area contributed by atoms with E-state index >= 15 is 0 Å². The highest BCUT2D eigenvalue weighted by Gasteiger charge is 2.29. The van der Waals surface area contributed by atoms with E-state index in [1.54, 1.807) is 10.6 Å². The third-order valence-electron chi connectivity index (χ3n) is 6.86. The Kier molecular flexibility index (Phi) is 6.11. The van der Waals surface area contributed by atoms with Gasteiger partial charge < -0.3 is 5.32 Å². The van der Waals surface area contributed by atoms with Crippen LogP contribution in [0.3, 0.4) is 0 Å². The fourth-order valence-electron chi connectivity index (χ4n) is 4.63. The third-order valence-corrected chi connectivity index (χ3v) is 6.86. The minimum Gasteiger partial charge on any atom is -0.326 e. The first-order valence-corrected chi connectivity index (χ1v) is 12.7. The summed E-state index contributed by atoms with van der Waals surface area (Å²) in [7, 11) is 0. The molecule has 0 bridgehead atoms. The van der Waals surface area contributed by atoms with Crippen molar-refractivity contribution in [3.05, 3.63) is 130 Å². The maximum Gasteiger partial charge on any atom is 0.261 e. The highest BCUT2D eigenvalue weighted by atomic mass is 16.2. The number of rotatable bonds is 7. The van der Waals surface area contributed by atoms with E-state index in [2.05, 4.69) is 41.7 Å². The molecule has 1 aliphatic rings. The Bertz CT molecular complexity index is 1620. The molecule has 1 amide bonds. The van der Waals surface area contributed by atoms with Gasteiger partial charge >= 0.3 is 0 Å². The van der Waals surface area contributed by atoms with Gasteiger partial charge in [-0.05, 0) is 53.3 Å². The zero-order valence-corrected chi connectivity index (χ0v) is 20.4. The van der Waals surface area contributed by atoms with E-state index in [-0.39, 0.29) is 17.4 Å². The summed E-state index contributed by atoms with van der Waals surface area (Å²) < 4.78 is 1.76. The van der Waals surface area contributed by atoms with Gasteiger partial charge in [-0.15, -0.1) is 0 Å². The number of benzene rings is 4. The van der Waals surface area contributed by atoms with Gasteiger partial charge in [-0.25, -0.2) is 4.98 Å². The zero-order chi connectivity index (χ0) is 25.2. The first-order chi connectivity index (χ1) is 18.1. The fourth-order valence-corrected chi connectivity index (χ4v) is 4.63. The van der Waals surface area contributed by atoms with Crippen molar-refractivity contribution in [2.75, 3.05) is 5.32 Å². The molecule has 0 spiro atoms. The fraction of sp³-hybridized carbons (Fsp3) is 0.156. The minimum absolute atomic E-state index is 0.0202. The molecule has 37 heavy (non-hydrogen) atoms. The lowest BCUT2D eigenvalue weighted by molar-refractivity contribution is -0.117. The van der Waals surface area contributed by atoms with Gasteiger partial charge in [0.05, 0.1) is 17.4 Å². The van der Waals surface area contributed by atoms with Gasteiger partial charge in [-0.1, -0.05) is 84.9 Å². The molecule has 1 fully saturated rings. The zero-order valence-electron chi connectivity index (χ0n) is 20.4. The van der Waals surface area contributed by atoms with Crippen molar-refractivity contribution in [2.24, 2.45) is 5.92 Å². The van der Waals surface area contributed by atoms with Gasteiger partial charge in [0.1, 0.15) is 5.82 Å². The topological polar surface area (TPSA) is 64.0 Å². The second-order valence-corrected chi connectivity index (χ2v) is 9.64. The van der Waals surface area contributed by atoms with E-state index in [9.17, 15) is 9.59 Å². The first kappa shape index (κ1) is 22.9. The Morgan fingerprint density at radius 1 is 0.811 bits per heavy atom. The lowest BCUT2D eigenvalue weighted by Crippen LogP contribution is -2.26. The molecule has 182 valence electrons. The molecular weight excluding hydrogens is 458 g/mol. The minimum atomic E-state index is -0.106. The van der Waals surface area contributed by atoms with Crippen LogP contribution in [-0.4, -0.2) is 15.5 Å². The second-order valence-electron chi connectivity index (χ2n) is 9.64. The van der Waals surface area contributed by atoms with Crippen LogP contribution in [0.4, 0.5) is 5.69 Å². The van der Waals surface area contributed by atoms with Crippen LogP contribution >= 0.6 is 0 Å². The van der Waals surface area contributed by atoms with E-state index in [1.807, 2.05) is 60.7 Å². The van der Waals surface area contributed by atoms with Crippen molar-refractivity contribution < 1.29 is 4.79 Å². The number of hydrogen-bond donors (Lipinski definition) is 1. The molecule has 6 rings (SSSR count). The summed E-state index contributed by atoms with van der Waals surface area (Å²) in [5.74, 6) is 0.829. The molecule has 4 aromatic carbocycles. The molecule has 0 atom stereocenters. The van der Waals surface area contributed by atoms with Crippen LogP contribution in [0.1, 0.15) is 29.8 Å². The highest BCUT2D eigenvalue weighted by Crippen LogP contribution is 2.30. The van der Waals surface area contributed by atoms with Crippen LogP contribution in [0.2, 0.25) is 0 Å². The number of carbonyl (C=O) groups excluding carboxylic acids is 1. The molecule has 5 aromatic rings. The molecule has 1 aliphatic carbocycles. The Balaban J connectivity index is 1.38. The van der Waals surface area contributed by atoms with Gasteiger partial charge in [-0.3, -0.25) is 14.2 Å². The average Bonchev–Trinajstić information content (AvgIpc) is 3.79. The number of nitrogens with zero attached hydrogens (tertiary/aromatic N) is 2. The maximum absolute atomic E-state index is 13.8. The standard InChI is InChI=1S/C32H27N3O2/c36-31(26-15-16-26)33-27-17-18-29-28(20-27)32(37)35(30(34-29)19-22-7-3-1-4-8-22)21-23-11-13-25(14-12-23)24-9-5-2-6-10-24/h1-14,17-18,20,26H,15-16,19,21H2,(H,33,36). The molecule has 5 heteroatoms. The van der Waals surface area contributed by atoms with Crippen LogP contribution in [0.5, 0.6) is 0 Å². The molecule has 1 saturated carbocycles. The molecule has 1 N–H and O–H groups in total. The Hall–Kier alpha value is -4.51. The van der Waals surface area contributed by atoms with Crippen LogP contribution < -0.4 is 10.9 Å². The molecule has 1 aromatic heterocycles. The number of fused-ring (bicyclic) bond motifs is 1. The van der Waals surface area contributed by atoms with Crippen LogP contribution in [0, 0.1) is 5.92 Å². The molecule has 0 unspecified atom stereocenters. The second kappa shape index (κ2) is 9.86. The quantitative estimate of drug-likeness (QED) is 0.305. The largest absolute Gasteiger partial charge is 0.326 e. The van der Waals surface area contributed by atoms with E-state index in [1.165, 1.54) is 0 Å². The Morgan fingerprint density at radius 2 is 1.49 bits per heavy atom. The van der Waals surface area contributed by atoms with Crippen molar-refractivity contribution in [3.63, 3.8) is 0 Å². The van der Waals surface area contributed by atoms with E-state index in [0.717, 1.165) is 35.1 Å². The molecule has 5 nitrogen and oxygen atoms in total. The van der Waals surface area contributed by atoms with Gasteiger partial charge in [0.25, 0.3) is 5.56 Å². The maximum atomic E-state index is 13.8. The molecule has 1 heterocycles. The van der Waals surface area contributed by atoms with E-state index in [4.69, 9.17) is 4.98 Å². The lowest BCUT2D eigenvalue weighted by Gasteiger charge is -2.15. The SMILES string of the molecule is O=C(Nc1ccc2nc(Cc3ccccc3)n(Cc3ccc(-c4ccccc4)cc3)c(=O)c2c1)C1CC1. The summed E-state index contributed by atoms with van der Waals surface area (Å²) in [6.45, 7) is 0.414. The van der Waals surface area contributed by atoms with Crippen molar-refractivity contribution in [3.8, 4) is 11.1 Å². The summed E-state index contributed by atoms with van der Waals surface area (Å²) in [6.07, 6.45) is 2.41. The highest BCUT2D eigenvalue weighted by molar-refractivity contribution is 5.96. The van der Waals surface area contributed by atoms with Gasteiger partial charge in [0, 0.05) is 18.0 Å². The number of anilines is 1. The predicted octanol–water partition coefficient (Wildman–Crippen LogP) is 6.05. The molecule has 0 radical (unpaired) electrons. The Morgan fingerprint density at radius 3 is 2.19 bits per heavy atom. The van der Waals surface area contributed by atoms with Gasteiger partial charge in [0.2, 0.25) is 5.91 Å². The van der Waals surface area contributed by atoms with Crippen LogP contribution in [-0.2, 0) is 17.8 Å². The monoisotopic (exact) mass is 485 g/mol. The average molecular weight is 486 g/mol. The Labute approximate surface area is 215 Å². The van der Waals surface area contributed by atoms with Crippen molar-refractivity contribution in [1.82, 2.24) is 9.55 Å². The van der Waals surface area contributed by atoms with Crippen LogP contribution in [0.15, 0.2) is 108 Å². The predicted molar refractivity (Wildman–Crippen MR) is 148 cm³/mol. The van der Waals surface area contributed by atoms with Gasteiger partial charge in [-0.2, -0.15) is 0 Å². The number of amides is 1.